The molecule has 1 atom stereocenters. The Bertz CT molecular complexity index is 748. The number of hydrogen-bond donors (Lipinski definition) is 1. The van der Waals surface area contributed by atoms with Gasteiger partial charge in [0.1, 0.15) is 11.5 Å². The number of rotatable bonds is 4. The second-order valence-corrected chi connectivity index (χ2v) is 6.29. The zero-order chi connectivity index (χ0) is 17.3. The maximum absolute atomic E-state index is 12.6. The van der Waals surface area contributed by atoms with Gasteiger partial charge in [-0.25, -0.2) is 9.78 Å². The Balaban J connectivity index is 1.74. The second kappa shape index (κ2) is 6.31. The number of amides is 1. The van der Waals surface area contributed by atoms with Crippen LogP contribution in [-0.4, -0.2) is 24.2 Å². The highest BCUT2D eigenvalue weighted by atomic mass is 32.1. The molecule has 0 aliphatic carbocycles. The quantitative estimate of drug-likeness (QED) is 0.887. The lowest BCUT2D eigenvalue weighted by Crippen LogP contribution is -2.23. The van der Waals surface area contributed by atoms with E-state index < -0.39 is 17.1 Å². The molecule has 1 aliphatic heterocycles. The van der Waals surface area contributed by atoms with Crippen LogP contribution in [0, 0.1) is 0 Å². The molecule has 3 rings (SSSR count). The van der Waals surface area contributed by atoms with Crippen molar-refractivity contribution in [2.75, 3.05) is 23.4 Å². The topological polar surface area (TPSA) is 54.5 Å². The van der Waals surface area contributed by atoms with Crippen molar-refractivity contribution in [1.82, 2.24) is 4.98 Å². The first kappa shape index (κ1) is 16.6. The summed E-state index contributed by atoms with van der Waals surface area (Å²) < 4.78 is 42.8. The van der Waals surface area contributed by atoms with E-state index in [0.717, 1.165) is 11.8 Å². The van der Waals surface area contributed by atoms with Gasteiger partial charge < -0.3 is 10.1 Å². The first-order valence-electron chi connectivity index (χ1n) is 7.18. The number of cyclic esters (lactones) is 1. The molecule has 1 saturated heterocycles. The molecular formula is C15H14F3N3O2S. The number of ether oxygens (including phenoxy) is 1. The van der Waals surface area contributed by atoms with E-state index in [1.165, 1.54) is 4.90 Å². The fraction of sp³-hybridized carbons (Fsp3) is 0.333. The standard InChI is InChI=1S/C15H14F3N3O2S/c1-9(20-13-19-8-12(24-13)15(16,17)18)10-3-2-4-11(7-10)21-5-6-23-14(21)22/h2-4,7-9H,5-6H2,1H3,(H,19,20). The molecule has 9 heteroatoms. The van der Waals surface area contributed by atoms with Crippen molar-refractivity contribution in [3.63, 3.8) is 0 Å². The summed E-state index contributed by atoms with van der Waals surface area (Å²) in [7, 11) is 0. The van der Waals surface area contributed by atoms with Gasteiger partial charge in [0, 0.05) is 5.69 Å². The van der Waals surface area contributed by atoms with Crippen LogP contribution in [0.15, 0.2) is 30.5 Å². The Morgan fingerprint density at radius 2 is 2.21 bits per heavy atom. The third-order valence-corrected chi connectivity index (χ3v) is 4.54. The molecule has 1 N–H and O–H groups in total. The van der Waals surface area contributed by atoms with Gasteiger partial charge in [-0.15, -0.1) is 0 Å². The van der Waals surface area contributed by atoms with Crippen molar-refractivity contribution in [1.29, 1.82) is 0 Å². The van der Waals surface area contributed by atoms with Gasteiger partial charge >= 0.3 is 12.3 Å². The first-order chi connectivity index (χ1) is 11.3. The maximum Gasteiger partial charge on any atom is 0.427 e. The molecule has 5 nitrogen and oxygen atoms in total. The van der Waals surface area contributed by atoms with Crippen LogP contribution in [0.2, 0.25) is 0 Å². The summed E-state index contributed by atoms with van der Waals surface area (Å²) in [6.07, 6.45) is -3.98. The van der Waals surface area contributed by atoms with E-state index in [-0.39, 0.29) is 11.2 Å². The van der Waals surface area contributed by atoms with Crippen molar-refractivity contribution >= 4 is 28.2 Å². The van der Waals surface area contributed by atoms with Crippen LogP contribution in [0.4, 0.5) is 28.8 Å². The molecule has 0 spiro atoms. The Kier molecular flexibility index (Phi) is 4.35. The SMILES string of the molecule is CC(Nc1ncc(C(F)(F)F)s1)c1cccc(N2CCOC2=O)c1. The molecule has 1 aromatic heterocycles. The Labute approximate surface area is 140 Å². The van der Waals surface area contributed by atoms with Gasteiger partial charge in [-0.1, -0.05) is 23.5 Å². The summed E-state index contributed by atoms with van der Waals surface area (Å²) in [5, 5.41) is 3.15. The smallest absolute Gasteiger partial charge is 0.427 e. The number of hydrogen-bond acceptors (Lipinski definition) is 5. The van der Waals surface area contributed by atoms with E-state index in [1.807, 2.05) is 19.1 Å². The summed E-state index contributed by atoms with van der Waals surface area (Å²) >= 11 is 0.561. The molecule has 0 radical (unpaired) electrons. The molecule has 1 unspecified atom stereocenters. The van der Waals surface area contributed by atoms with Crippen molar-refractivity contribution < 1.29 is 22.7 Å². The molecule has 0 saturated carbocycles. The number of nitrogens with one attached hydrogen (secondary N) is 1. The first-order valence-corrected chi connectivity index (χ1v) is 8.00. The van der Waals surface area contributed by atoms with Gasteiger partial charge in [-0.2, -0.15) is 13.2 Å². The monoisotopic (exact) mass is 357 g/mol. The minimum absolute atomic E-state index is 0.195. The number of alkyl halides is 3. The highest BCUT2D eigenvalue weighted by Gasteiger charge is 2.33. The van der Waals surface area contributed by atoms with Gasteiger partial charge in [0.15, 0.2) is 5.13 Å². The minimum Gasteiger partial charge on any atom is -0.447 e. The minimum atomic E-state index is -4.39. The molecule has 24 heavy (non-hydrogen) atoms. The molecule has 1 aromatic carbocycles. The average molecular weight is 357 g/mol. The molecule has 1 aliphatic rings. The van der Waals surface area contributed by atoms with Crippen molar-refractivity contribution in [2.45, 2.75) is 19.1 Å². The van der Waals surface area contributed by atoms with Crippen molar-refractivity contribution in [2.24, 2.45) is 0 Å². The Hall–Kier alpha value is -2.29. The fourth-order valence-electron chi connectivity index (χ4n) is 2.33. The lowest BCUT2D eigenvalue weighted by Gasteiger charge is -2.17. The number of carbonyl (C=O) groups is 1. The van der Waals surface area contributed by atoms with Crippen LogP contribution >= 0.6 is 11.3 Å². The summed E-state index contributed by atoms with van der Waals surface area (Å²) in [4.78, 5) is 16.2. The van der Waals surface area contributed by atoms with Crippen LogP contribution in [0.1, 0.15) is 23.4 Å². The predicted molar refractivity (Wildman–Crippen MR) is 84.3 cm³/mol. The molecule has 128 valence electrons. The molecule has 1 amide bonds. The van der Waals surface area contributed by atoms with Crippen LogP contribution in [-0.2, 0) is 10.9 Å². The Morgan fingerprint density at radius 1 is 1.42 bits per heavy atom. The van der Waals surface area contributed by atoms with Gasteiger partial charge in [-0.3, -0.25) is 4.90 Å². The fourth-order valence-corrected chi connectivity index (χ4v) is 3.10. The van der Waals surface area contributed by atoms with Gasteiger partial charge in [-0.05, 0) is 24.6 Å². The lowest BCUT2D eigenvalue weighted by atomic mass is 10.1. The van der Waals surface area contributed by atoms with Crippen molar-refractivity contribution in [3.8, 4) is 0 Å². The average Bonchev–Trinajstić information content (AvgIpc) is 3.16. The predicted octanol–water partition coefficient (Wildman–Crippen LogP) is 4.29. The van der Waals surface area contributed by atoms with E-state index in [9.17, 15) is 18.0 Å². The van der Waals surface area contributed by atoms with Gasteiger partial charge in [0.25, 0.3) is 0 Å². The zero-order valence-corrected chi connectivity index (χ0v) is 13.4. The largest absolute Gasteiger partial charge is 0.447 e. The molecule has 1 fully saturated rings. The van der Waals surface area contributed by atoms with Crippen molar-refractivity contribution in [3.05, 3.63) is 40.9 Å². The van der Waals surface area contributed by atoms with Crippen LogP contribution in [0.3, 0.4) is 0 Å². The maximum atomic E-state index is 12.6. The van der Waals surface area contributed by atoms with E-state index in [2.05, 4.69) is 10.3 Å². The third kappa shape index (κ3) is 3.45. The second-order valence-electron chi connectivity index (χ2n) is 5.25. The molecule has 2 heterocycles. The Morgan fingerprint density at radius 3 is 2.83 bits per heavy atom. The summed E-state index contributed by atoms with van der Waals surface area (Å²) in [6.45, 7) is 2.64. The summed E-state index contributed by atoms with van der Waals surface area (Å²) in [5.74, 6) is 0. The van der Waals surface area contributed by atoms with Crippen LogP contribution in [0.25, 0.3) is 0 Å². The van der Waals surface area contributed by atoms with E-state index in [1.54, 1.807) is 12.1 Å². The number of carbonyl (C=O) groups excluding carboxylic acids is 1. The third-order valence-electron chi connectivity index (χ3n) is 3.57. The number of thiazole rings is 1. The number of anilines is 2. The lowest BCUT2D eigenvalue weighted by molar-refractivity contribution is -0.134. The van der Waals surface area contributed by atoms with Crippen LogP contribution < -0.4 is 10.2 Å². The number of halogens is 3. The molecular weight excluding hydrogens is 343 g/mol. The summed E-state index contributed by atoms with van der Waals surface area (Å²) in [6, 6.07) is 6.95. The van der Waals surface area contributed by atoms with Crippen LogP contribution in [0.5, 0.6) is 0 Å². The summed E-state index contributed by atoms with van der Waals surface area (Å²) in [5.41, 5.74) is 1.52. The number of aromatic nitrogens is 1. The molecule has 2 aromatic rings. The zero-order valence-electron chi connectivity index (χ0n) is 12.6. The van der Waals surface area contributed by atoms with Gasteiger partial charge in [0.05, 0.1) is 18.8 Å². The number of benzene rings is 1. The van der Waals surface area contributed by atoms with Gasteiger partial charge in [0.2, 0.25) is 0 Å². The highest BCUT2D eigenvalue weighted by Crippen LogP contribution is 2.36. The van der Waals surface area contributed by atoms with E-state index in [4.69, 9.17) is 4.74 Å². The highest BCUT2D eigenvalue weighted by molar-refractivity contribution is 7.15. The normalized spacial score (nSPS) is 16.2. The van der Waals surface area contributed by atoms with E-state index >= 15 is 0 Å². The number of nitrogens with zero attached hydrogens (tertiary/aromatic N) is 2. The van der Waals surface area contributed by atoms with E-state index in [0.29, 0.717) is 30.2 Å². The molecule has 0 bridgehead atoms.